The lowest BCUT2D eigenvalue weighted by atomic mass is 9.99. The summed E-state index contributed by atoms with van der Waals surface area (Å²) in [6.07, 6.45) is 1.86. The van der Waals surface area contributed by atoms with E-state index in [2.05, 4.69) is 16.3 Å². The van der Waals surface area contributed by atoms with E-state index in [9.17, 15) is 4.79 Å². The van der Waals surface area contributed by atoms with Gasteiger partial charge >= 0.3 is 6.03 Å². The highest BCUT2D eigenvalue weighted by molar-refractivity contribution is 5.90. The third-order valence-corrected chi connectivity index (χ3v) is 5.67. The SMILES string of the molecule is Cc1ccc(C)c(NC(=O)N2CC(N3CCC4(CC3)OCCO4)C2)c1. The Bertz CT molecular complexity index is 641. The zero-order chi connectivity index (χ0) is 17.4. The summed E-state index contributed by atoms with van der Waals surface area (Å²) in [7, 11) is 0. The molecule has 136 valence electrons. The molecule has 3 heterocycles. The van der Waals surface area contributed by atoms with Gasteiger partial charge < -0.3 is 19.7 Å². The van der Waals surface area contributed by atoms with Gasteiger partial charge in [-0.15, -0.1) is 0 Å². The average Bonchev–Trinajstić information content (AvgIpc) is 3.00. The molecule has 0 aromatic heterocycles. The molecular formula is C19H27N3O3. The third kappa shape index (κ3) is 3.38. The van der Waals surface area contributed by atoms with Gasteiger partial charge in [0, 0.05) is 50.7 Å². The van der Waals surface area contributed by atoms with Gasteiger partial charge in [0.05, 0.1) is 13.2 Å². The standard InChI is InChI=1S/C19H27N3O3/c1-14-3-4-15(2)17(11-14)20-18(23)22-12-16(13-22)21-7-5-19(6-8-21)24-9-10-25-19/h3-4,11,16H,5-10,12-13H2,1-2H3,(H,20,23). The van der Waals surface area contributed by atoms with Crippen molar-refractivity contribution in [1.29, 1.82) is 0 Å². The third-order valence-electron chi connectivity index (χ3n) is 5.67. The lowest BCUT2D eigenvalue weighted by Gasteiger charge is -2.48. The highest BCUT2D eigenvalue weighted by Gasteiger charge is 2.43. The van der Waals surface area contributed by atoms with Gasteiger partial charge in [-0.1, -0.05) is 12.1 Å². The van der Waals surface area contributed by atoms with Crippen LogP contribution in [0.3, 0.4) is 0 Å². The van der Waals surface area contributed by atoms with Crippen molar-refractivity contribution in [3.05, 3.63) is 29.3 Å². The number of benzene rings is 1. The van der Waals surface area contributed by atoms with Gasteiger partial charge in [0.25, 0.3) is 0 Å². The average molecular weight is 345 g/mol. The maximum absolute atomic E-state index is 12.4. The van der Waals surface area contributed by atoms with Gasteiger partial charge in [-0.3, -0.25) is 4.90 Å². The zero-order valence-electron chi connectivity index (χ0n) is 15.1. The van der Waals surface area contributed by atoms with Gasteiger partial charge in [0.1, 0.15) is 0 Å². The molecule has 3 aliphatic rings. The van der Waals surface area contributed by atoms with Crippen LogP contribution in [0.4, 0.5) is 10.5 Å². The first kappa shape index (κ1) is 16.8. The van der Waals surface area contributed by atoms with E-state index in [1.54, 1.807) is 0 Å². The van der Waals surface area contributed by atoms with Crippen LogP contribution in [-0.2, 0) is 9.47 Å². The largest absolute Gasteiger partial charge is 0.347 e. The monoisotopic (exact) mass is 345 g/mol. The maximum Gasteiger partial charge on any atom is 0.321 e. The molecule has 0 atom stereocenters. The lowest BCUT2D eigenvalue weighted by molar-refractivity contribution is -0.190. The van der Waals surface area contributed by atoms with E-state index in [4.69, 9.17) is 9.47 Å². The summed E-state index contributed by atoms with van der Waals surface area (Å²) >= 11 is 0. The molecule has 6 heteroatoms. The number of aryl methyl sites for hydroxylation is 2. The zero-order valence-corrected chi connectivity index (χ0v) is 15.1. The molecule has 0 saturated carbocycles. The van der Waals surface area contributed by atoms with E-state index in [1.165, 1.54) is 0 Å². The number of piperidine rings is 1. The van der Waals surface area contributed by atoms with Crippen LogP contribution in [-0.4, -0.2) is 67.1 Å². The molecule has 1 spiro atoms. The van der Waals surface area contributed by atoms with Crippen LogP contribution >= 0.6 is 0 Å². The second-order valence-electron chi connectivity index (χ2n) is 7.45. The Morgan fingerprint density at radius 3 is 2.52 bits per heavy atom. The van der Waals surface area contributed by atoms with Crippen molar-refractivity contribution < 1.29 is 14.3 Å². The molecule has 0 radical (unpaired) electrons. The second-order valence-corrected chi connectivity index (χ2v) is 7.45. The van der Waals surface area contributed by atoms with Gasteiger partial charge in [-0.25, -0.2) is 4.79 Å². The number of nitrogens with zero attached hydrogens (tertiary/aromatic N) is 2. The second kappa shape index (κ2) is 6.59. The number of carbonyl (C=O) groups is 1. The number of ether oxygens (including phenoxy) is 2. The predicted octanol–water partition coefficient (Wildman–Crippen LogP) is 2.36. The Morgan fingerprint density at radius 2 is 1.84 bits per heavy atom. The highest BCUT2D eigenvalue weighted by atomic mass is 16.7. The molecule has 1 aromatic carbocycles. The van der Waals surface area contributed by atoms with Crippen molar-refractivity contribution in [3.8, 4) is 0 Å². The van der Waals surface area contributed by atoms with Crippen molar-refractivity contribution in [2.45, 2.75) is 38.5 Å². The summed E-state index contributed by atoms with van der Waals surface area (Å²) in [6, 6.07) is 6.59. The Kier molecular flexibility index (Phi) is 4.43. The quantitative estimate of drug-likeness (QED) is 0.894. The molecule has 25 heavy (non-hydrogen) atoms. The number of likely N-dealkylation sites (tertiary alicyclic amines) is 2. The maximum atomic E-state index is 12.4. The van der Waals surface area contributed by atoms with Gasteiger partial charge in [-0.2, -0.15) is 0 Å². The van der Waals surface area contributed by atoms with E-state index in [0.29, 0.717) is 6.04 Å². The number of urea groups is 1. The van der Waals surface area contributed by atoms with Crippen molar-refractivity contribution in [2.75, 3.05) is 44.7 Å². The number of hydrogen-bond acceptors (Lipinski definition) is 4. The van der Waals surface area contributed by atoms with Gasteiger partial charge in [-0.05, 0) is 31.0 Å². The van der Waals surface area contributed by atoms with E-state index in [0.717, 1.165) is 69.0 Å². The minimum atomic E-state index is -0.319. The van der Waals surface area contributed by atoms with Gasteiger partial charge in [0.2, 0.25) is 0 Å². The van der Waals surface area contributed by atoms with Crippen LogP contribution in [0.2, 0.25) is 0 Å². The fraction of sp³-hybridized carbons (Fsp3) is 0.632. The highest BCUT2D eigenvalue weighted by Crippen LogP contribution is 2.33. The molecule has 1 aromatic rings. The molecule has 3 fully saturated rings. The Hall–Kier alpha value is -1.63. The summed E-state index contributed by atoms with van der Waals surface area (Å²) in [4.78, 5) is 16.8. The number of carbonyl (C=O) groups excluding carboxylic acids is 1. The Labute approximate surface area is 149 Å². The fourth-order valence-corrected chi connectivity index (χ4v) is 3.93. The first-order valence-electron chi connectivity index (χ1n) is 9.20. The number of rotatable bonds is 2. The van der Waals surface area contributed by atoms with Crippen molar-refractivity contribution in [1.82, 2.24) is 9.80 Å². The van der Waals surface area contributed by atoms with E-state index < -0.39 is 0 Å². The molecule has 0 unspecified atom stereocenters. The lowest BCUT2D eigenvalue weighted by Crippen LogP contribution is -2.64. The molecule has 0 bridgehead atoms. The smallest absolute Gasteiger partial charge is 0.321 e. The van der Waals surface area contributed by atoms with Gasteiger partial charge in [0.15, 0.2) is 5.79 Å². The molecule has 3 aliphatic heterocycles. The predicted molar refractivity (Wildman–Crippen MR) is 95.7 cm³/mol. The van der Waals surface area contributed by atoms with Crippen molar-refractivity contribution in [2.24, 2.45) is 0 Å². The van der Waals surface area contributed by atoms with Crippen LogP contribution in [0.5, 0.6) is 0 Å². The fourth-order valence-electron chi connectivity index (χ4n) is 3.93. The minimum Gasteiger partial charge on any atom is -0.347 e. The normalized spacial score (nSPS) is 23.7. The number of amides is 2. The molecule has 4 rings (SSSR count). The number of nitrogens with one attached hydrogen (secondary N) is 1. The molecule has 2 amide bonds. The molecule has 6 nitrogen and oxygen atoms in total. The Morgan fingerprint density at radius 1 is 1.16 bits per heavy atom. The van der Waals surface area contributed by atoms with Crippen molar-refractivity contribution in [3.63, 3.8) is 0 Å². The van der Waals surface area contributed by atoms with Crippen LogP contribution < -0.4 is 5.32 Å². The molecule has 0 aliphatic carbocycles. The van der Waals surface area contributed by atoms with E-state index in [-0.39, 0.29) is 11.8 Å². The van der Waals surface area contributed by atoms with E-state index >= 15 is 0 Å². The van der Waals surface area contributed by atoms with Crippen LogP contribution in [0.15, 0.2) is 18.2 Å². The molecule has 3 saturated heterocycles. The topological polar surface area (TPSA) is 54.0 Å². The summed E-state index contributed by atoms with van der Waals surface area (Å²) in [5.41, 5.74) is 3.15. The Balaban J connectivity index is 1.26. The number of anilines is 1. The number of hydrogen-bond donors (Lipinski definition) is 1. The van der Waals surface area contributed by atoms with E-state index in [1.807, 2.05) is 30.9 Å². The summed E-state index contributed by atoms with van der Waals surface area (Å²) in [5.74, 6) is -0.319. The van der Waals surface area contributed by atoms with Crippen LogP contribution in [0.1, 0.15) is 24.0 Å². The van der Waals surface area contributed by atoms with Crippen LogP contribution in [0.25, 0.3) is 0 Å². The molecule has 1 N–H and O–H groups in total. The van der Waals surface area contributed by atoms with Crippen molar-refractivity contribution >= 4 is 11.7 Å². The van der Waals surface area contributed by atoms with Crippen LogP contribution in [0, 0.1) is 13.8 Å². The summed E-state index contributed by atoms with van der Waals surface area (Å²) in [6.45, 7) is 9.05. The molecular weight excluding hydrogens is 318 g/mol. The summed E-state index contributed by atoms with van der Waals surface area (Å²) in [5, 5.41) is 3.04. The minimum absolute atomic E-state index is 0.000823. The summed E-state index contributed by atoms with van der Waals surface area (Å²) < 4.78 is 11.6. The first-order chi connectivity index (χ1) is 12.0. The first-order valence-corrected chi connectivity index (χ1v) is 9.20.